The maximum atomic E-state index is 13.2. The van der Waals surface area contributed by atoms with Crippen LogP contribution in [0.1, 0.15) is 35.5 Å². The number of aromatic nitrogens is 2. The van der Waals surface area contributed by atoms with Crippen LogP contribution >= 0.6 is 0 Å². The van der Waals surface area contributed by atoms with Crippen LogP contribution in [0.25, 0.3) is 5.69 Å². The topological polar surface area (TPSA) is 76.0 Å². The van der Waals surface area contributed by atoms with Crippen molar-refractivity contribution in [1.29, 1.82) is 0 Å². The average Bonchev–Trinajstić information content (AvgIpc) is 3.09. The van der Waals surface area contributed by atoms with E-state index in [0.29, 0.717) is 29.0 Å². The van der Waals surface area contributed by atoms with Gasteiger partial charge >= 0.3 is 0 Å². The van der Waals surface area contributed by atoms with Gasteiger partial charge in [-0.1, -0.05) is 13.0 Å². The number of nitrogens with zero attached hydrogens (tertiary/aromatic N) is 2. The normalized spacial score (nSPS) is 10.6. The van der Waals surface area contributed by atoms with Crippen LogP contribution in [0.4, 0.5) is 15.8 Å². The molecule has 0 aliphatic heterocycles. The van der Waals surface area contributed by atoms with E-state index >= 15 is 0 Å². The van der Waals surface area contributed by atoms with Crippen molar-refractivity contribution < 1.29 is 14.0 Å². The zero-order valence-corrected chi connectivity index (χ0v) is 15.9. The van der Waals surface area contributed by atoms with Gasteiger partial charge < -0.3 is 10.6 Å². The number of halogens is 1. The second kappa shape index (κ2) is 8.04. The van der Waals surface area contributed by atoms with E-state index in [1.165, 1.54) is 25.3 Å². The summed E-state index contributed by atoms with van der Waals surface area (Å²) in [4.78, 5) is 24.2. The van der Waals surface area contributed by atoms with Gasteiger partial charge in [-0.3, -0.25) is 9.59 Å². The zero-order valence-electron chi connectivity index (χ0n) is 15.9. The Bertz CT molecular complexity index is 1030. The first kappa shape index (κ1) is 19.3. The average molecular weight is 380 g/mol. The molecule has 0 atom stereocenters. The predicted molar refractivity (Wildman–Crippen MR) is 106 cm³/mol. The van der Waals surface area contributed by atoms with Gasteiger partial charge in [0.25, 0.3) is 5.91 Å². The molecule has 2 aromatic carbocycles. The molecule has 0 unspecified atom stereocenters. The monoisotopic (exact) mass is 380 g/mol. The number of rotatable bonds is 5. The molecule has 2 amide bonds. The van der Waals surface area contributed by atoms with Crippen LogP contribution in [0, 0.1) is 12.7 Å². The lowest BCUT2D eigenvalue weighted by Crippen LogP contribution is -2.16. The van der Waals surface area contributed by atoms with Crippen LogP contribution in [0.15, 0.2) is 48.7 Å². The van der Waals surface area contributed by atoms with Gasteiger partial charge in [-0.15, -0.1) is 0 Å². The van der Waals surface area contributed by atoms with E-state index in [4.69, 9.17) is 0 Å². The SMILES string of the molecule is CCc1c(C(=O)Nc2cccc(NC(C)=O)c2C)cnn1-c1ccc(F)cc1. The number of anilines is 2. The highest BCUT2D eigenvalue weighted by atomic mass is 19.1. The Labute approximate surface area is 162 Å². The van der Waals surface area contributed by atoms with Crippen molar-refractivity contribution in [2.24, 2.45) is 0 Å². The Morgan fingerprint density at radius 1 is 1.07 bits per heavy atom. The third kappa shape index (κ3) is 3.93. The quantitative estimate of drug-likeness (QED) is 0.700. The van der Waals surface area contributed by atoms with Gasteiger partial charge in [-0.05, 0) is 55.3 Å². The standard InChI is InChI=1S/C21H21FN4O2/c1-4-20-17(12-23-26(20)16-10-8-15(22)9-11-16)21(28)25-19-7-5-6-18(13(19)2)24-14(3)27/h5-12H,4H2,1-3H3,(H,24,27)(H,25,28). The maximum absolute atomic E-state index is 13.2. The van der Waals surface area contributed by atoms with E-state index in [-0.39, 0.29) is 17.6 Å². The summed E-state index contributed by atoms with van der Waals surface area (Å²) < 4.78 is 14.8. The number of hydrogen-bond acceptors (Lipinski definition) is 3. The van der Waals surface area contributed by atoms with E-state index in [1.54, 1.807) is 35.0 Å². The minimum atomic E-state index is -0.332. The van der Waals surface area contributed by atoms with Gasteiger partial charge in [-0.2, -0.15) is 5.10 Å². The second-order valence-electron chi connectivity index (χ2n) is 6.36. The smallest absolute Gasteiger partial charge is 0.259 e. The molecule has 0 fully saturated rings. The minimum Gasteiger partial charge on any atom is -0.326 e. The summed E-state index contributed by atoms with van der Waals surface area (Å²) in [6, 6.07) is 11.2. The lowest BCUT2D eigenvalue weighted by atomic mass is 10.1. The third-order valence-corrected chi connectivity index (χ3v) is 4.41. The lowest BCUT2D eigenvalue weighted by molar-refractivity contribution is -0.114. The van der Waals surface area contributed by atoms with Crippen molar-refractivity contribution in [3.63, 3.8) is 0 Å². The number of nitrogens with one attached hydrogen (secondary N) is 2. The molecule has 0 saturated carbocycles. The number of amides is 2. The summed E-state index contributed by atoms with van der Waals surface area (Å²) in [5, 5.41) is 9.93. The second-order valence-corrected chi connectivity index (χ2v) is 6.36. The van der Waals surface area contributed by atoms with Crippen LogP contribution in [0.2, 0.25) is 0 Å². The molecule has 0 bridgehead atoms. The molecular weight excluding hydrogens is 359 g/mol. The Morgan fingerprint density at radius 3 is 2.32 bits per heavy atom. The van der Waals surface area contributed by atoms with E-state index in [2.05, 4.69) is 15.7 Å². The van der Waals surface area contributed by atoms with Crippen molar-refractivity contribution in [3.05, 3.63) is 71.3 Å². The third-order valence-electron chi connectivity index (χ3n) is 4.41. The number of hydrogen-bond donors (Lipinski definition) is 2. The Kier molecular flexibility index (Phi) is 5.54. The summed E-state index contributed by atoms with van der Waals surface area (Å²) in [6.07, 6.45) is 2.08. The zero-order chi connectivity index (χ0) is 20.3. The van der Waals surface area contributed by atoms with Crippen molar-refractivity contribution in [3.8, 4) is 5.69 Å². The van der Waals surface area contributed by atoms with Gasteiger partial charge in [-0.25, -0.2) is 9.07 Å². The fraction of sp³-hybridized carbons (Fsp3) is 0.190. The van der Waals surface area contributed by atoms with Crippen molar-refractivity contribution in [2.75, 3.05) is 10.6 Å². The molecule has 0 saturated heterocycles. The summed E-state index contributed by atoms with van der Waals surface area (Å²) in [5.74, 6) is -0.810. The fourth-order valence-electron chi connectivity index (χ4n) is 2.99. The van der Waals surface area contributed by atoms with Crippen LogP contribution in [0.5, 0.6) is 0 Å². The Balaban J connectivity index is 1.90. The van der Waals surface area contributed by atoms with Crippen molar-refractivity contribution >= 4 is 23.2 Å². The lowest BCUT2D eigenvalue weighted by Gasteiger charge is -2.13. The number of carbonyl (C=O) groups is 2. The molecule has 1 heterocycles. The number of benzene rings is 2. The van der Waals surface area contributed by atoms with Crippen LogP contribution in [0.3, 0.4) is 0 Å². The summed E-state index contributed by atoms with van der Waals surface area (Å²) >= 11 is 0. The largest absolute Gasteiger partial charge is 0.326 e. The molecule has 0 radical (unpaired) electrons. The Morgan fingerprint density at radius 2 is 1.71 bits per heavy atom. The molecule has 1 aromatic heterocycles. The van der Waals surface area contributed by atoms with E-state index in [1.807, 2.05) is 13.8 Å². The minimum absolute atomic E-state index is 0.180. The molecule has 0 aliphatic rings. The first-order valence-corrected chi connectivity index (χ1v) is 8.92. The summed E-state index contributed by atoms with van der Waals surface area (Å²) in [5.41, 5.74) is 3.85. The molecule has 3 rings (SSSR count). The molecule has 28 heavy (non-hydrogen) atoms. The van der Waals surface area contributed by atoms with Crippen molar-refractivity contribution in [1.82, 2.24) is 9.78 Å². The summed E-state index contributed by atoms with van der Waals surface area (Å²) in [7, 11) is 0. The van der Waals surface area contributed by atoms with Crippen LogP contribution < -0.4 is 10.6 Å². The van der Waals surface area contributed by atoms with Gasteiger partial charge in [0.15, 0.2) is 0 Å². The van der Waals surface area contributed by atoms with E-state index in [0.717, 1.165) is 11.3 Å². The molecule has 3 aromatic rings. The molecular formula is C21H21FN4O2. The summed E-state index contributed by atoms with van der Waals surface area (Å²) in [6.45, 7) is 5.18. The van der Waals surface area contributed by atoms with Gasteiger partial charge in [0.1, 0.15) is 5.82 Å². The van der Waals surface area contributed by atoms with Gasteiger partial charge in [0.2, 0.25) is 5.91 Å². The Hall–Kier alpha value is -3.48. The molecule has 0 spiro atoms. The highest BCUT2D eigenvalue weighted by Crippen LogP contribution is 2.25. The van der Waals surface area contributed by atoms with Crippen molar-refractivity contribution in [2.45, 2.75) is 27.2 Å². The molecule has 2 N–H and O–H groups in total. The fourth-order valence-corrected chi connectivity index (χ4v) is 2.99. The molecule has 7 heteroatoms. The van der Waals surface area contributed by atoms with Crippen LogP contribution in [-0.4, -0.2) is 21.6 Å². The first-order valence-electron chi connectivity index (χ1n) is 8.92. The molecule has 144 valence electrons. The van der Waals surface area contributed by atoms with Gasteiger partial charge in [0, 0.05) is 18.3 Å². The highest BCUT2D eigenvalue weighted by molar-refractivity contribution is 6.06. The molecule has 0 aliphatic carbocycles. The van der Waals surface area contributed by atoms with Gasteiger partial charge in [0.05, 0.1) is 23.1 Å². The highest BCUT2D eigenvalue weighted by Gasteiger charge is 2.18. The molecule has 6 nitrogen and oxygen atoms in total. The van der Waals surface area contributed by atoms with E-state index in [9.17, 15) is 14.0 Å². The maximum Gasteiger partial charge on any atom is 0.259 e. The van der Waals surface area contributed by atoms with Crippen LogP contribution in [-0.2, 0) is 11.2 Å². The number of carbonyl (C=O) groups excluding carboxylic acids is 2. The first-order chi connectivity index (χ1) is 13.4. The van der Waals surface area contributed by atoms with E-state index < -0.39 is 0 Å². The predicted octanol–water partition coefficient (Wildman–Crippen LogP) is 4.09.